The molecular weight excluding hydrogens is 273 g/mol. The molecule has 1 aliphatic rings. The normalized spacial score (nSPS) is 21.6. The van der Waals surface area contributed by atoms with Gasteiger partial charge in [-0.3, -0.25) is 4.90 Å². The van der Waals surface area contributed by atoms with Crippen molar-refractivity contribution in [2.45, 2.75) is 19.1 Å². The Kier molecular flexibility index (Phi) is 3.95. The molecule has 2 rings (SSSR count). The van der Waals surface area contributed by atoms with Crippen molar-refractivity contribution in [2.75, 3.05) is 20.2 Å². The first-order valence-corrected chi connectivity index (χ1v) is 6.17. The largest absolute Gasteiger partial charge is 0.380 e. The van der Waals surface area contributed by atoms with Gasteiger partial charge < -0.3 is 4.74 Å². The lowest BCUT2D eigenvalue weighted by molar-refractivity contribution is 0.107. The summed E-state index contributed by atoms with van der Waals surface area (Å²) in [5, 5.41) is 0. The lowest BCUT2D eigenvalue weighted by Gasteiger charge is -2.16. The Labute approximate surface area is 104 Å². The molecule has 0 aliphatic carbocycles. The van der Waals surface area contributed by atoms with Gasteiger partial charge in [0.15, 0.2) is 0 Å². The van der Waals surface area contributed by atoms with Gasteiger partial charge in [0.05, 0.1) is 6.10 Å². The lowest BCUT2D eigenvalue weighted by atomic mass is 10.2. The van der Waals surface area contributed by atoms with Crippen molar-refractivity contribution in [2.24, 2.45) is 0 Å². The van der Waals surface area contributed by atoms with E-state index in [0.29, 0.717) is 12.6 Å². The van der Waals surface area contributed by atoms with Crippen molar-refractivity contribution in [1.29, 1.82) is 0 Å². The fraction of sp³-hybridized carbons (Fsp3) is 0.500. The van der Waals surface area contributed by atoms with Crippen LogP contribution in [0.4, 0.5) is 4.39 Å². The second-order valence-corrected chi connectivity index (χ2v) is 5.03. The minimum absolute atomic E-state index is 0.143. The summed E-state index contributed by atoms with van der Waals surface area (Å²) in [6.45, 7) is 2.54. The molecule has 0 spiro atoms. The van der Waals surface area contributed by atoms with Crippen molar-refractivity contribution in [3.8, 4) is 0 Å². The van der Waals surface area contributed by atoms with E-state index in [-0.39, 0.29) is 5.82 Å². The number of hydrogen-bond acceptors (Lipinski definition) is 2. The molecule has 0 bridgehead atoms. The average Bonchev–Trinajstić information content (AvgIpc) is 2.70. The fourth-order valence-corrected chi connectivity index (χ4v) is 2.36. The van der Waals surface area contributed by atoms with Crippen LogP contribution in [0.1, 0.15) is 12.0 Å². The molecule has 88 valence electrons. The molecule has 0 N–H and O–H groups in total. The number of likely N-dealkylation sites (tertiary alicyclic amines) is 1. The van der Waals surface area contributed by atoms with Crippen molar-refractivity contribution >= 4 is 15.9 Å². The van der Waals surface area contributed by atoms with Crippen molar-refractivity contribution < 1.29 is 9.13 Å². The Morgan fingerprint density at radius 1 is 1.56 bits per heavy atom. The molecule has 1 atom stereocenters. The van der Waals surface area contributed by atoms with Gasteiger partial charge in [-0.15, -0.1) is 0 Å². The molecule has 0 unspecified atom stereocenters. The van der Waals surface area contributed by atoms with E-state index in [2.05, 4.69) is 20.8 Å². The van der Waals surface area contributed by atoms with Gasteiger partial charge in [0.1, 0.15) is 5.82 Å². The van der Waals surface area contributed by atoms with Crippen LogP contribution in [0.25, 0.3) is 0 Å². The summed E-state index contributed by atoms with van der Waals surface area (Å²) >= 11 is 3.26. The highest BCUT2D eigenvalue weighted by molar-refractivity contribution is 9.10. The molecule has 1 aromatic rings. The zero-order valence-electron chi connectivity index (χ0n) is 9.25. The van der Waals surface area contributed by atoms with Crippen LogP contribution in [0.2, 0.25) is 0 Å². The van der Waals surface area contributed by atoms with Crippen LogP contribution in [0.3, 0.4) is 0 Å². The van der Waals surface area contributed by atoms with E-state index in [1.165, 1.54) is 6.07 Å². The molecule has 2 nitrogen and oxygen atoms in total. The Morgan fingerprint density at radius 2 is 2.38 bits per heavy atom. The summed E-state index contributed by atoms with van der Waals surface area (Å²) in [4.78, 5) is 2.22. The van der Waals surface area contributed by atoms with Crippen LogP contribution >= 0.6 is 15.9 Å². The molecule has 1 aliphatic heterocycles. The van der Waals surface area contributed by atoms with E-state index >= 15 is 0 Å². The average molecular weight is 288 g/mol. The van der Waals surface area contributed by atoms with Crippen molar-refractivity contribution in [3.63, 3.8) is 0 Å². The maximum absolute atomic E-state index is 13.6. The number of benzene rings is 1. The first-order valence-electron chi connectivity index (χ1n) is 5.38. The number of rotatable bonds is 3. The molecule has 0 saturated carbocycles. The maximum atomic E-state index is 13.6. The first kappa shape index (κ1) is 12.0. The monoisotopic (exact) mass is 287 g/mol. The van der Waals surface area contributed by atoms with Crippen LogP contribution in [0.5, 0.6) is 0 Å². The number of halogens is 2. The molecule has 0 aromatic heterocycles. The van der Waals surface area contributed by atoms with Crippen LogP contribution in [-0.4, -0.2) is 31.2 Å². The summed E-state index contributed by atoms with van der Waals surface area (Å²) in [6, 6.07) is 5.22. The Morgan fingerprint density at radius 3 is 3.00 bits per heavy atom. The topological polar surface area (TPSA) is 12.5 Å². The van der Waals surface area contributed by atoms with E-state index in [9.17, 15) is 4.39 Å². The molecule has 0 radical (unpaired) electrons. The van der Waals surface area contributed by atoms with Crippen LogP contribution in [-0.2, 0) is 11.3 Å². The van der Waals surface area contributed by atoms with E-state index in [0.717, 1.165) is 29.5 Å². The van der Waals surface area contributed by atoms with Gasteiger partial charge in [-0.2, -0.15) is 0 Å². The third kappa shape index (κ3) is 2.81. The number of hydrogen-bond donors (Lipinski definition) is 0. The highest BCUT2D eigenvalue weighted by Gasteiger charge is 2.22. The maximum Gasteiger partial charge on any atom is 0.128 e. The second kappa shape index (κ2) is 5.25. The summed E-state index contributed by atoms with van der Waals surface area (Å²) < 4.78 is 19.7. The van der Waals surface area contributed by atoms with Gasteiger partial charge in [-0.25, -0.2) is 4.39 Å². The third-order valence-electron chi connectivity index (χ3n) is 2.97. The minimum Gasteiger partial charge on any atom is -0.380 e. The van der Waals surface area contributed by atoms with Gasteiger partial charge in [0.2, 0.25) is 0 Å². The number of nitrogens with zero attached hydrogens (tertiary/aromatic N) is 1. The number of methoxy groups -OCH3 is 1. The predicted octanol–water partition coefficient (Wildman–Crippen LogP) is 2.81. The van der Waals surface area contributed by atoms with Gasteiger partial charge in [-0.05, 0) is 18.6 Å². The predicted molar refractivity (Wildman–Crippen MR) is 64.8 cm³/mol. The van der Waals surface area contributed by atoms with E-state index in [4.69, 9.17) is 4.74 Å². The van der Waals surface area contributed by atoms with E-state index in [1.54, 1.807) is 7.11 Å². The molecule has 1 saturated heterocycles. The fourth-order valence-electron chi connectivity index (χ4n) is 2.02. The minimum atomic E-state index is -0.143. The van der Waals surface area contributed by atoms with Gasteiger partial charge in [0, 0.05) is 36.8 Å². The number of ether oxygens (including phenoxy) is 1. The Hall–Kier alpha value is -0.450. The smallest absolute Gasteiger partial charge is 0.128 e. The van der Waals surface area contributed by atoms with Crippen LogP contribution < -0.4 is 0 Å². The Bertz CT molecular complexity index is 372. The Balaban J connectivity index is 1.99. The van der Waals surface area contributed by atoms with Gasteiger partial charge in [-0.1, -0.05) is 22.0 Å². The molecule has 1 fully saturated rings. The van der Waals surface area contributed by atoms with Crippen LogP contribution in [0, 0.1) is 5.82 Å². The molecular formula is C12H15BrFNO. The summed E-state index contributed by atoms with van der Waals surface area (Å²) in [5.74, 6) is -0.143. The summed E-state index contributed by atoms with van der Waals surface area (Å²) in [6.07, 6.45) is 1.34. The standard InChI is InChI=1S/C12H15BrFNO/c1-16-11-4-5-15(8-11)7-9-2-3-10(13)6-12(9)14/h2-3,6,11H,4-5,7-8H2,1H3/t11-/m1/s1. The second-order valence-electron chi connectivity index (χ2n) is 4.12. The third-order valence-corrected chi connectivity index (χ3v) is 3.46. The molecule has 1 aromatic carbocycles. The van der Waals surface area contributed by atoms with E-state index < -0.39 is 0 Å². The van der Waals surface area contributed by atoms with Crippen molar-refractivity contribution in [3.05, 3.63) is 34.1 Å². The summed E-state index contributed by atoms with van der Waals surface area (Å²) in [7, 11) is 1.73. The molecule has 1 heterocycles. The van der Waals surface area contributed by atoms with Crippen LogP contribution in [0.15, 0.2) is 22.7 Å². The van der Waals surface area contributed by atoms with Crippen molar-refractivity contribution in [1.82, 2.24) is 4.90 Å². The van der Waals surface area contributed by atoms with Gasteiger partial charge >= 0.3 is 0 Å². The molecule has 4 heteroatoms. The van der Waals surface area contributed by atoms with E-state index in [1.807, 2.05) is 12.1 Å². The first-order chi connectivity index (χ1) is 7.69. The zero-order chi connectivity index (χ0) is 11.5. The summed E-state index contributed by atoms with van der Waals surface area (Å²) in [5.41, 5.74) is 0.750. The molecule has 0 amide bonds. The zero-order valence-corrected chi connectivity index (χ0v) is 10.8. The highest BCUT2D eigenvalue weighted by Crippen LogP contribution is 2.19. The quantitative estimate of drug-likeness (QED) is 0.848. The SMILES string of the molecule is CO[C@@H]1CCN(Cc2ccc(Br)cc2F)C1. The highest BCUT2D eigenvalue weighted by atomic mass is 79.9. The lowest BCUT2D eigenvalue weighted by Crippen LogP contribution is -2.22. The molecule has 16 heavy (non-hydrogen) atoms. The van der Waals surface area contributed by atoms with Gasteiger partial charge in [0.25, 0.3) is 0 Å².